The standard InChI is InChI=1S/C26H26BrN3O4S/c1-5-29(6-2)25(33)22-15(3)28-26-30(23(22)17-9-7-8-10-20(17)34-4)24(32)21(35-26)14-16-11-12-19(31)18(27)13-16/h7-14,23,31H,5-6H2,1-4H3/b21-14+/t23-/m1/s1. The first-order valence-electron chi connectivity index (χ1n) is 11.2. The first kappa shape index (κ1) is 24.9. The Morgan fingerprint density at radius 3 is 2.63 bits per heavy atom. The molecular formula is C26H26BrN3O4S. The van der Waals surface area contributed by atoms with Gasteiger partial charge < -0.3 is 14.7 Å². The molecule has 4 rings (SSSR count). The van der Waals surface area contributed by atoms with Gasteiger partial charge in [0, 0.05) is 18.7 Å². The highest BCUT2D eigenvalue weighted by atomic mass is 79.9. The second-order valence-electron chi connectivity index (χ2n) is 8.01. The number of carbonyl (C=O) groups is 1. The summed E-state index contributed by atoms with van der Waals surface area (Å²) in [5, 5.41) is 9.81. The minimum absolute atomic E-state index is 0.120. The fraction of sp³-hybridized carbons (Fsp3) is 0.269. The van der Waals surface area contributed by atoms with Crippen LogP contribution in [0.5, 0.6) is 11.5 Å². The number of para-hydroxylation sites is 1. The molecule has 7 nitrogen and oxygen atoms in total. The molecule has 0 saturated heterocycles. The summed E-state index contributed by atoms with van der Waals surface area (Å²) in [6, 6.07) is 11.8. The van der Waals surface area contributed by atoms with Crippen molar-refractivity contribution in [2.45, 2.75) is 26.8 Å². The highest BCUT2D eigenvalue weighted by Crippen LogP contribution is 2.36. The van der Waals surface area contributed by atoms with E-state index in [0.717, 1.165) is 11.1 Å². The van der Waals surface area contributed by atoms with Gasteiger partial charge >= 0.3 is 0 Å². The molecule has 1 atom stereocenters. The van der Waals surface area contributed by atoms with Crippen molar-refractivity contribution in [1.29, 1.82) is 0 Å². The largest absolute Gasteiger partial charge is 0.507 e. The van der Waals surface area contributed by atoms with E-state index in [4.69, 9.17) is 4.74 Å². The fourth-order valence-corrected chi connectivity index (χ4v) is 5.67. The third kappa shape index (κ3) is 4.58. The number of phenols is 1. The molecule has 0 bridgehead atoms. The summed E-state index contributed by atoms with van der Waals surface area (Å²) in [5.41, 5.74) is 2.28. The number of likely N-dealkylation sites (N-methyl/N-ethyl adjacent to an activating group) is 1. The van der Waals surface area contributed by atoms with Gasteiger partial charge in [0.1, 0.15) is 17.5 Å². The molecule has 2 heterocycles. The Bertz CT molecular complexity index is 1500. The molecule has 1 aliphatic heterocycles. The Morgan fingerprint density at radius 2 is 1.97 bits per heavy atom. The number of thiazole rings is 1. The molecule has 0 aliphatic carbocycles. The maximum atomic E-state index is 13.8. The number of aromatic nitrogens is 1. The minimum Gasteiger partial charge on any atom is -0.507 e. The summed E-state index contributed by atoms with van der Waals surface area (Å²) in [6.07, 6.45) is 1.76. The number of aromatic hydroxyl groups is 1. The number of amides is 1. The SMILES string of the molecule is CCN(CC)C(=O)C1=C(C)N=c2s/c(=C/c3ccc(O)c(Br)c3)c(=O)n2[C@@H]1c1ccccc1OC. The van der Waals surface area contributed by atoms with E-state index in [-0.39, 0.29) is 17.2 Å². The molecule has 35 heavy (non-hydrogen) atoms. The van der Waals surface area contributed by atoms with E-state index in [1.54, 1.807) is 40.9 Å². The number of nitrogens with zero attached hydrogens (tertiary/aromatic N) is 3. The smallest absolute Gasteiger partial charge is 0.271 e. The van der Waals surface area contributed by atoms with Crippen molar-refractivity contribution >= 4 is 39.2 Å². The zero-order valence-electron chi connectivity index (χ0n) is 19.9. The maximum absolute atomic E-state index is 13.8. The Morgan fingerprint density at radius 1 is 1.26 bits per heavy atom. The molecule has 0 spiro atoms. The number of carbonyl (C=O) groups excluding carboxylic acids is 1. The van der Waals surface area contributed by atoms with Gasteiger partial charge in [-0.1, -0.05) is 35.6 Å². The normalized spacial score (nSPS) is 15.6. The summed E-state index contributed by atoms with van der Waals surface area (Å²) in [7, 11) is 1.58. The van der Waals surface area contributed by atoms with Crippen LogP contribution in [0.3, 0.4) is 0 Å². The van der Waals surface area contributed by atoms with Crippen molar-refractivity contribution in [3.05, 3.63) is 89.0 Å². The van der Waals surface area contributed by atoms with E-state index in [2.05, 4.69) is 20.9 Å². The Kier molecular flexibility index (Phi) is 7.28. The van der Waals surface area contributed by atoms with E-state index in [1.807, 2.05) is 45.0 Å². The molecule has 0 unspecified atom stereocenters. The number of phenolic OH excluding ortho intramolecular Hbond substituents is 1. The van der Waals surface area contributed by atoms with E-state index in [1.165, 1.54) is 11.3 Å². The third-order valence-electron chi connectivity index (χ3n) is 6.01. The molecule has 1 aliphatic rings. The average molecular weight is 556 g/mol. The summed E-state index contributed by atoms with van der Waals surface area (Å²) >= 11 is 4.59. The quantitative estimate of drug-likeness (QED) is 0.503. The summed E-state index contributed by atoms with van der Waals surface area (Å²) in [6.45, 7) is 6.77. The number of hydrogen-bond donors (Lipinski definition) is 1. The predicted octanol–water partition coefficient (Wildman–Crippen LogP) is 3.58. The van der Waals surface area contributed by atoms with Gasteiger partial charge in [-0.3, -0.25) is 14.2 Å². The van der Waals surface area contributed by atoms with Gasteiger partial charge in [-0.05, 0) is 66.5 Å². The highest BCUT2D eigenvalue weighted by Gasteiger charge is 2.35. The number of benzene rings is 2. The third-order valence-corrected chi connectivity index (χ3v) is 7.62. The summed E-state index contributed by atoms with van der Waals surface area (Å²) in [5.74, 6) is 0.563. The monoisotopic (exact) mass is 555 g/mol. The number of fused-ring (bicyclic) bond motifs is 1. The van der Waals surface area contributed by atoms with Crippen LogP contribution in [-0.2, 0) is 4.79 Å². The van der Waals surface area contributed by atoms with E-state index >= 15 is 0 Å². The predicted molar refractivity (Wildman–Crippen MR) is 140 cm³/mol. The van der Waals surface area contributed by atoms with Crippen LogP contribution in [0, 0.1) is 0 Å². The van der Waals surface area contributed by atoms with Crippen molar-refractivity contribution in [3.8, 4) is 11.5 Å². The molecule has 1 amide bonds. The molecule has 0 radical (unpaired) electrons. The highest BCUT2D eigenvalue weighted by molar-refractivity contribution is 9.10. The number of methoxy groups -OCH3 is 1. The maximum Gasteiger partial charge on any atom is 0.271 e. The Labute approximate surface area is 215 Å². The van der Waals surface area contributed by atoms with E-state index in [9.17, 15) is 14.7 Å². The van der Waals surface area contributed by atoms with Gasteiger partial charge in [0.25, 0.3) is 11.5 Å². The van der Waals surface area contributed by atoms with E-state index < -0.39 is 6.04 Å². The fourth-order valence-electron chi connectivity index (χ4n) is 4.23. The molecule has 3 aromatic rings. The number of hydrogen-bond acceptors (Lipinski definition) is 6. The first-order chi connectivity index (χ1) is 16.8. The van der Waals surface area contributed by atoms with Crippen LogP contribution in [0.4, 0.5) is 0 Å². The lowest BCUT2D eigenvalue weighted by atomic mass is 9.94. The van der Waals surface area contributed by atoms with Crippen LogP contribution < -0.4 is 19.6 Å². The average Bonchev–Trinajstić information content (AvgIpc) is 3.15. The van der Waals surface area contributed by atoms with Crippen molar-refractivity contribution in [3.63, 3.8) is 0 Å². The summed E-state index contributed by atoms with van der Waals surface area (Å²) in [4.78, 5) is 34.4. The molecule has 1 N–H and O–H groups in total. The number of rotatable bonds is 6. The lowest BCUT2D eigenvalue weighted by molar-refractivity contribution is -0.127. The topological polar surface area (TPSA) is 84.1 Å². The van der Waals surface area contributed by atoms with Gasteiger partial charge in [-0.25, -0.2) is 4.99 Å². The van der Waals surface area contributed by atoms with Crippen molar-refractivity contribution < 1.29 is 14.6 Å². The lowest BCUT2D eigenvalue weighted by Crippen LogP contribution is -2.43. The lowest BCUT2D eigenvalue weighted by Gasteiger charge is -2.29. The van der Waals surface area contributed by atoms with E-state index in [0.29, 0.717) is 43.9 Å². The molecule has 1 aromatic heterocycles. The second kappa shape index (κ2) is 10.2. The van der Waals surface area contributed by atoms with Crippen LogP contribution >= 0.6 is 27.3 Å². The molecule has 182 valence electrons. The molecular weight excluding hydrogens is 530 g/mol. The zero-order chi connectivity index (χ0) is 25.3. The van der Waals surface area contributed by atoms with Gasteiger partial charge in [0.15, 0.2) is 4.80 Å². The van der Waals surface area contributed by atoms with Gasteiger partial charge in [-0.2, -0.15) is 0 Å². The Balaban J connectivity index is 1.99. The van der Waals surface area contributed by atoms with Crippen molar-refractivity contribution in [1.82, 2.24) is 9.47 Å². The van der Waals surface area contributed by atoms with Crippen LogP contribution in [0.2, 0.25) is 0 Å². The number of allylic oxidation sites excluding steroid dienone is 1. The zero-order valence-corrected chi connectivity index (χ0v) is 22.3. The molecule has 0 fully saturated rings. The Hall–Kier alpha value is -3.17. The molecule has 2 aromatic carbocycles. The molecule has 0 saturated carbocycles. The van der Waals surface area contributed by atoms with Crippen molar-refractivity contribution in [2.24, 2.45) is 4.99 Å². The summed E-state index contributed by atoms with van der Waals surface area (Å²) < 4.78 is 8.23. The minimum atomic E-state index is -0.677. The van der Waals surface area contributed by atoms with Gasteiger partial charge in [0.2, 0.25) is 0 Å². The van der Waals surface area contributed by atoms with Crippen LogP contribution in [0.15, 0.2) is 68.0 Å². The van der Waals surface area contributed by atoms with Crippen LogP contribution in [-0.4, -0.2) is 40.7 Å². The van der Waals surface area contributed by atoms with Crippen LogP contribution in [0.25, 0.3) is 6.08 Å². The second-order valence-corrected chi connectivity index (χ2v) is 9.88. The van der Waals surface area contributed by atoms with Crippen molar-refractivity contribution in [2.75, 3.05) is 20.2 Å². The first-order valence-corrected chi connectivity index (χ1v) is 12.8. The molecule has 9 heteroatoms. The van der Waals surface area contributed by atoms with Gasteiger partial charge in [-0.15, -0.1) is 0 Å². The van der Waals surface area contributed by atoms with Gasteiger partial charge in [0.05, 0.1) is 27.4 Å². The van der Waals surface area contributed by atoms with Crippen LogP contribution in [0.1, 0.15) is 37.9 Å². The number of ether oxygens (including phenoxy) is 1. The number of halogens is 1.